The van der Waals surface area contributed by atoms with Crippen LogP contribution in [0.4, 0.5) is 0 Å². The van der Waals surface area contributed by atoms with E-state index in [2.05, 4.69) is 58.3 Å². The maximum absolute atomic E-state index is 6.09. The maximum Gasteiger partial charge on any atom is 0.0455 e. The molecule has 0 bridgehead atoms. The van der Waals surface area contributed by atoms with Crippen LogP contribution in [0.3, 0.4) is 0 Å². The first-order valence-electron chi connectivity index (χ1n) is 6.30. The number of hydrogen-bond acceptors (Lipinski definition) is 3. The second-order valence-corrected chi connectivity index (χ2v) is 7.67. The Morgan fingerprint density at radius 1 is 1.50 bits per heavy atom. The molecule has 0 aromatic rings. The first-order valence-corrected chi connectivity index (χ1v) is 7.35. The van der Waals surface area contributed by atoms with Crippen molar-refractivity contribution in [3.05, 3.63) is 0 Å². The van der Waals surface area contributed by atoms with Crippen molar-refractivity contribution >= 4 is 11.8 Å². The fourth-order valence-corrected chi connectivity index (χ4v) is 4.13. The molecule has 2 N–H and O–H groups in total. The molecule has 0 aromatic carbocycles. The molecule has 1 saturated heterocycles. The summed E-state index contributed by atoms with van der Waals surface area (Å²) < 4.78 is 0. The Hall–Kier alpha value is 0.270. The van der Waals surface area contributed by atoms with Crippen LogP contribution in [0, 0.1) is 5.41 Å². The minimum atomic E-state index is 0.206. The second kappa shape index (κ2) is 4.87. The van der Waals surface area contributed by atoms with E-state index in [4.69, 9.17) is 5.73 Å². The summed E-state index contributed by atoms with van der Waals surface area (Å²) in [6.45, 7) is 12.4. The SMILES string of the molecule is CC(N(C)C1(CN)CCSC1C)C(C)(C)C. The lowest BCUT2D eigenvalue weighted by Crippen LogP contribution is -2.60. The Labute approximate surface area is 105 Å². The van der Waals surface area contributed by atoms with Crippen LogP contribution in [0.1, 0.15) is 41.0 Å². The van der Waals surface area contributed by atoms with Gasteiger partial charge < -0.3 is 5.73 Å². The Morgan fingerprint density at radius 2 is 2.06 bits per heavy atom. The lowest BCUT2D eigenvalue weighted by Gasteiger charge is -2.48. The van der Waals surface area contributed by atoms with E-state index >= 15 is 0 Å². The van der Waals surface area contributed by atoms with Crippen LogP contribution < -0.4 is 5.73 Å². The normalized spacial score (nSPS) is 33.4. The zero-order chi connectivity index (χ0) is 12.6. The first-order chi connectivity index (χ1) is 7.25. The van der Waals surface area contributed by atoms with Crippen LogP contribution in [-0.2, 0) is 0 Å². The predicted octanol–water partition coefficient (Wildman–Crippen LogP) is 2.58. The first kappa shape index (κ1) is 14.3. The molecule has 0 saturated carbocycles. The fourth-order valence-electron chi connectivity index (χ4n) is 2.61. The summed E-state index contributed by atoms with van der Waals surface area (Å²) in [7, 11) is 2.26. The van der Waals surface area contributed by atoms with E-state index < -0.39 is 0 Å². The van der Waals surface area contributed by atoms with E-state index in [1.165, 1.54) is 12.2 Å². The fraction of sp³-hybridized carbons (Fsp3) is 1.00. The van der Waals surface area contributed by atoms with E-state index in [1.807, 2.05) is 0 Å². The van der Waals surface area contributed by atoms with Gasteiger partial charge in [-0.3, -0.25) is 4.90 Å². The highest BCUT2D eigenvalue weighted by atomic mass is 32.2. The van der Waals surface area contributed by atoms with Crippen molar-refractivity contribution in [2.24, 2.45) is 11.1 Å². The van der Waals surface area contributed by atoms with Crippen LogP contribution in [0.25, 0.3) is 0 Å². The molecule has 96 valence electrons. The Bertz CT molecular complexity index is 237. The zero-order valence-electron chi connectivity index (χ0n) is 11.7. The van der Waals surface area contributed by atoms with Gasteiger partial charge in [-0.05, 0) is 31.6 Å². The van der Waals surface area contributed by atoms with Gasteiger partial charge in [-0.15, -0.1) is 0 Å². The van der Waals surface area contributed by atoms with Gasteiger partial charge in [-0.1, -0.05) is 27.7 Å². The third kappa shape index (κ3) is 2.41. The van der Waals surface area contributed by atoms with E-state index in [9.17, 15) is 0 Å². The standard InChI is InChI=1S/C13H28N2S/c1-10(12(3,4)5)15(6)13(9-14)7-8-16-11(13)2/h10-11H,7-9,14H2,1-6H3. The average molecular weight is 244 g/mol. The van der Waals surface area contributed by atoms with Gasteiger partial charge >= 0.3 is 0 Å². The summed E-state index contributed by atoms with van der Waals surface area (Å²) in [4.78, 5) is 2.54. The number of rotatable bonds is 3. The van der Waals surface area contributed by atoms with Gasteiger partial charge in [-0.2, -0.15) is 11.8 Å². The largest absolute Gasteiger partial charge is 0.329 e. The van der Waals surface area contributed by atoms with Crippen LogP contribution in [-0.4, -0.2) is 41.1 Å². The lowest BCUT2D eigenvalue weighted by molar-refractivity contribution is 0.0343. The molecule has 1 aliphatic heterocycles. The number of nitrogens with zero attached hydrogens (tertiary/aromatic N) is 1. The van der Waals surface area contributed by atoms with Gasteiger partial charge in [0.05, 0.1) is 0 Å². The Balaban J connectivity index is 2.89. The van der Waals surface area contributed by atoms with Crippen LogP contribution in [0.5, 0.6) is 0 Å². The summed E-state index contributed by atoms with van der Waals surface area (Å²) in [6.07, 6.45) is 1.23. The number of nitrogens with two attached hydrogens (primary N) is 1. The molecule has 0 aliphatic carbocycles. The second-order valence-electron chi connectivity index (χ2n) is 6.22. The van der Waals surface area contributed by atoms with Gasteiger partial charge in [0.2, 0.25) is 0 Å². The monoisotopic (exact) mass is 244 g/mol. The molecule has 1 rings (SSSR count). The molecule has 0 spiro atoms. The van der Waals surface area contributed by atoms with Crippen LogP contribution >= 0.6 is 11.8 Å². The van der Waals surface area contributed by atoms with Crippen molar-refractivity contribution in [3.8, 4) is 0 Å². The van der Waals surface area contributed by atoms with Gasteiger partial charge in [0.1, 0.15) is 0 Å². The highest BCUT2D eigenvalue weighted by molar-refractivity contribution is 8.00. The van der Waals surface area contributed by atoms with Crippen molar-refractivity contribution in [2.45, 2.75) is 57.9 Å². The molecule has 0 amide bonds. The van der Waals surface area contributed by atoms with Crippen LogP contribution in [0.15, 0.2) is 0 Å². The molecule has 16 heavy (non-hydrogen) atoms. The molecule has 0 radical (unpaired) electrons. The van der Waals surface area contributed by atoms with E-state index in [1.54, 1.807) is 0 Å². The molecule has 3 heteroatoms. The zero-order valence-corrected chi connectivity index (χ0v) is 12.5. The molecule has 2 nitrogen and oxygen atoms in total. The molecule has 1 aliphatic rings. The summed E-state index contributed by atoms with van der Waals surface area (Å²) in [5.41, 5.74) is 6.60. The molecular weight excluding hydrogens is 216 g/mol. The smallest absolute Gasteiger partial charge is 0.0455 e. The van der Waals surface area contributed by atoms with Crippen molar-refractivity contribution in [3.63, 3.8) is 0 Å². The van der Waals surface area contributed by atoms with Gasteiger partial charge in [0, 0.05) is 23.4 Å². The summed E-state index contributed by atoms with van der Waals surface area (Å²) in [5.74, 6) is 1.25. The number of hydrogen-bond donors (Lipinski definition) is 1. The van der Waals surface area contributed by atoms with E-state index in [-0.39, 0.29) is 5.54 Å². The molecule has 3 atom stereocenters. The van der Waals surface area contributed by atoms with Crippen LogP contribution in [0.2, 0.25) is 0 Å². The van der Waals surface area contributed by atoms with Gasteiger partial charge in [-0.25, -0.2) is 0 Å². The molecule has 3 unspecified atom stereocenters. The van der Waals surface area contributed by atoms with E-state index in [0.29, 0.717) is 16.7 Å². The van der Waals surface area contributed by atoms with E-state index in [0.717, 1.165) is 6.54 Å². The third-order valence-corrected chi connectivity index (χ3v) is 5.93. The minimum absolute atomic E-state index is 0.206. The minimum Gasteiger partial charge on any atom is -0.329 e. The topological polar surface area (TPSA) is 29.3 Å². The summed E-state index contributed by atoms with van der Waals surface area (Å²) >= 11 is 2.06. The molecule has 1 fully saturated rings. The third-order valence-electron chi connectivity index (χ3n) is 4.55. The maximum atomic E-state index is 6.09. The molecule has 0 aromatic heterocycles. The average Bonchev–Trinajstić information content (AvgIpc) is 2.57. The van der Waals surface area contributed by atoms with Crippen molar-refractivity contribution in [2.75, 3.05) is 19.3 Å². The highest BCUT2D eigenvalue weighted by Crippen LogP contribution is 2.41. The number of likely N-dealkylation sites (N-methyl/N-ethyl adjacent to an activating group) is 1. The van der Waals surface area contributed by atoms with Crippen molar-refractivity contribution in [1.29, 1.82) is 0 Å². The summed E-state index contributed by atoms with van der Waals surface area (Å²) in [6, 6.07) is 0.553. The predicted molar refractivity (Wildman–Crippen MR) is 75.0 cm³/mol. The quantitative estimate of drug-likeness (QED) is 0.827. The lowest BCUT2D eigenvalue weighted by atomic mass is 9.82. The van der Waals surface area contributed by atoms with Crippen molar-refractivity contribution in [1.82, 2.24) is 4.90 Å². The van der Waals surface area contributed by atoms with Crippen molar-refractivity contribution < 1.29 is 0 Å². The molecule has 1 heterocycles. The summed E-state index contributed by atoms with van der Waals surface area (Å²) in [5, 5.41) is 0.646. The molecular formula is C13H28N2S. The number of thioether (sulfide) groups is 1. The Kier molecular flexibility index (Phi) is 4.36. The highest BCUT2D eigenvalue weighted by Gasteiger charge is 2.46. The van der Waals surface area contributed by atoms with Gasteiger partial charge in [0.25, 0.3) is 0 Å². The van der Waals surface area contributed by atoms with Gasteiger partial charge in [0.15, 0.2) is 0 Å². The Morgan fingerprint density at radius 3 is 2.38 bits per heavy atom.